The van der Waals surface area contributed by atoms with Gasteiger partial charge in [-0.15, -0.1) is 0 Å². The average Bonchev–Trinajstić information content (AvgIpc) is 3.07. The Morgan fingerprint density at radius 3 is 2.40 bits per heavy atom. The number of carboxylic acid groups (broad SMARTS) is 1. The molecular weight excluding hydrogens is 512 g/mol. The molecule has 3 aromatic rings. The molecule has 0 radical (unpaired) electrons. The Morgan fingerprint density at radius 1 is 1.20 bits per heavy atom. The molecule has 9 heteroatoms. The molecule has 0 saturated carbocycles. The quantitative estimate of drug-likeness (QED) is 0.384. The number of aromatic nitrogens is 2. The van der Waals surface area contributed by atoms with Gasteiger partial charge >= 0.3 is 6.09 Å². The van der Waals surface area contributed by atoms with Crippen molar-refractivity contribution in [3.8, 4) is 5.88 Å². The summed E-state index contributed by atoms with van der Waals surface area (Å²) in [6, 6.07) is 5.81. The Labute approximate surface area is 214 Å². The number of amides is 2. The van der Waals surface area contributed by atoms with Crippen LogP contribution in [0.25, 0.3) is 10.9 Å². The van der Waals surface area contributed by atoms with E-state index in [4.69, 9.17) is 4.74 Å². The highest BCUT2D eigenvalue weighted by atomic mass is 79.9. The molecule has 0 aliphatic heterocycles. The van der Waals surface area contributed by atoms with Crippen LogP contribution in [0.5, 0.6) is 5.88 Å². The maximum Gasteiger partial charge on any atom is 0.413 e. The van der Waals surface area contributed by atoms with Crippen LogP contribution in [0.2, 0.25) is 0 Å². The van der Waals surface area contributed by atoms with E-state index in [2.05, 4.69) is 50.8 Å². The number of carbonyl (C=O) groups excluding carboxylic acids is 1. The van der Waals surface area contributed by atoms with Crippen molar-refractivity contribution in [2.75, 3.05) is 12.0 Å². The second kappa shape index (κ2) is 9.89. The monoisotopic (exact) mass is 544 g/mol. The van der Waals surface area contributed by atoms with E-state index in [1.165, 1.54) is 12.0 Å². The Kier molecular flexibility index (Phi) is 7.50. The summed E-state index contributed by atoms with van der Waals surface area (Å²) < 4.78 is 8.48. The smallest absolute Gasteiger partial charge is 0.413 e. The number of fused-ring (bicyclic) bond motifs is 1. The van der Waals surface area contributed by atoms with Gasteiger partial charge in [0.1, 0.15) is 5.82 Å². The topological polar surface area (TPSA) is 96.7 Å². The number of methoxy groups -OCH3 is 1. The number of anilines is 1. The van der Waals surface area contributed by atoms with Gasteiger partial charge in [-0.05, 0) is 77.8 Å². The van der Waals surface area contributed by atoms with E-state index in [-0.39, 0.29) is 30.2 Å². The summed E-state index contributed by atoms with van der Waals surface area (Å²) in [5, 5.41) is 13.7. The molecule has 0 atom stereocenters. The molecule has 0 aliphatic rings. The number of pyridine rings is 1. The molecule has 2 heterocycles. The minimum absolute atomic E-state index is 0.182. The second-order valence-electron chi connectivity index (χ2n) is 9.92. The molecule has 1 aromatic carbocycles. The molecule has 2 aromatic heterocycles. The number of nitrogens with one attached hydrogen (secondary N) is 1. The van der Waals surface area contributed by atoms with Crippen molar-refractivity contribution in [3.05, 3.63) is 51.1 Å². The minimum Gasteiger partial charge on any atom is -0.481 e. The SMILES string of the molecule is COc1nc(N(C(=O)O)C(C)(C)C)cc(C)c1CNC(=O)c1cc(Br)cc2c1c(C)cn2C(C)C. The number of aryl methyl sites for hydroxylation is 2. The molecule has 0 aliphatic carbocycles. The van der Waals surface area contributed by atoms with E-state index in [1.807, 2.05) is 26.0 Å². The van der Waals surface area contributed by atoms with E-state index in [0.29, 0.717) is 11.1 Å². The van der Waals surface area contributed by atoms with E-state index < -0.39 is 11.6 Å². The molecule has 0 saturated heterocycles. The minimum atomic E-state index is -1.10. The van der Waals surface area contributed by atoms with Crippen molar-refractivity contribution in [3.63, 3.8) is 0 Å². The summed E-state index contributed by atoms with van der Waals surface area (Å²) in [7, 11) is 1.48. The number of benzene rings is 1. The van der Waals surface area contributed by atoms with Gasteiger partial charge in [0.05, 0.1) is 18.2 Å². The summed E-state index contributed by atoms with van der Waals surface area (Å²) in [4.78, 5) is 30.9. The summed E-state index contributed by atoms with van der Waals surface area (Å²) in [6.45, 7) is 13.6. The van der Waals surface area contributed by atoms with E-state index in [1.54, 1.807) is 26.8 Å². The highest BCUT2D eigenvalue weighted by Crippen LogP contribution is 2.32. The van der Waals surface area contributed by atoms with Crippen LogP contribution in [0.3, 0.4) is 0 Å². The molecule has 3 rings (SSSR count). The first kappa shape index (κ1) is 26.5. The standard InChI is InChI=1S/C26H33BrN4O4/c1-14(2)30-13-16(4)22-18(10-17(27)11-20(22)30)23(32)28-12-19-15(3)9-21(29-24(19)35-8)31(25(33)34)26(5,6)7/h9-11,13-14H,12H2,1-8H3,(H,28,32)(H,33,34). The molecule has 0 bridgehead atoms. The van der Waals surface area contributed by atoms with Crippen LogP contribution in [0.1, 0.15) is 67.7 Å². The maximum absolute atomic E-state index is 13.3. The molecule has 8 nitrogen and oxygen atoms in total. The van der Waals surface area contributed by atoms with Crippen LogP contribution in [0.15, 0.2) is 28.9 Å². The van der Waals surface area contributed by atoms with Crippen LogP contribution in [0.4, 0.5) is 10.6 Å². The average molecular weight is 545 g/mol. The zero-order valence-corrected chi connectivity index (χ0v) is 23.1. The third kappa shape index (κ3) is 5.29. The van der Waals surface area contributed by atoms with Crippen molar-refractivity contribution in [1.29, 1.82) is 0 Å². The van der Waals surface area contributed by atoms with Crippen LogP contribution < -0.4 is 15.0 Å². The summed E-state index contributed by atoms with van der Waals surface area (Å²) in [5.74, 6) is 0.333. The Balaban J connectivity index is 1.96. The molecule has 0 fully saturated rings. The molecule has 35 heavy (non-hydrogen) atoms. The lowest BCUT2D eigenvalue weighted by molar-refractivity contribution is 0.0952. The van der Waals surface area contributed by atoms with E-state index in [9.17, 15) is 14.7 Å². The molecular formula is C26H33BrN4O4. The predicted octanol–water partition coefficient (Wildman–Crippen LogP) is 6.22. The summed E-state index contributed by atoms with van der Waals surface area (Å²) in [6.07, 6.45) is 0.965. The number of nitrogens with zero attached hydrogens (tertiary/aromatic N) is 3. The first-order valence-corrected chi connectivity index (χ1v) is 12.2. The number of rotatable bonds is 6. The van der Waals surface area contributed by atoms with Gasteiger partial charge in [0.2, 0.25) is 5.88 Å². The number of ether oxygens (including phenoxy) is 1. The normalized spacial score (nSPS) is 11.7. The number of hydrogen-bond donors (Lipinski definition) is 2. The molecule has 0 unspecified atom stereocenters. The van der Waals surface area contributed by atoms with Crippen molar-refractivity contribution in [1.82, 2.24) is 14.9 Å². The highest BCUT2D eigenvalue weighted by molar-refractivity contribution is 9.10. The lowest BCUT2D eigenvalue weighted by Crippen LogP contribution is -2.45. The molecule has 2 N–H and O–H groups in total. The number of carbonyl (C=O) groups is 2. The van der Waals surface area contributed by atoms with Gasteiger partial charge in [-0.25, -0.2) is 4.79 Å². The van der Waals surface area contributed by atoms with E-state index in [0.717, 1.165) is 26.5 Å². The van der Waals surface area contributed by atoms with Crippen molar-refractivity contribution >= 4 is 44.7 Å². The van der Waals surface area contributed by atoms with Crippen LogP contribution in [-0.4, -0.2) is 39.3 Å². The van der Waals surface area contributed by atoms with Crippen molar-refractivity contribution < 1.29 is 19.4 Å². The number of halogens is 1. The fourth-order valence-electron chi connectivity index (χ4n) is 4.30. The summed E-state index contributed by atoms with van der Waals surface area (Å²) >= 11 is 3.55. The first-order valence-electron chi connectivity index (χ1n) is 11.4. The van der Waals surface area contributed by atoms with Gasteiger partial charge in [-0.2, -0.15) is 4.98 Å². The Hall–Kier alpha value is -3.07. The lowest BCUT2D eigenvalue weighted by Gasteiger charge is -2.32. The van der Waals surface area contributed by atoms with E-state index >= 15 is 0 Å². The first-order chi connectivity index (χ1) is 16.3. The molecule has 188 valence electrons. The largest absolute Gasteiger partial charge is 0.481 e. The Bertz CT molecular complexity index is 1290. The molecule has 0 spiro atoms. The predicted molar refractivity (Wildman–Crippen MR) is 142 cm³/mol. The van der Waals surface area contributed by atoms with Crippen molar-refractivity contribution in [2.24, 2.45) is 0 Å². The Morgan fingerprint density at radius 2 is 1.86 bits per heavy atom. The van der Waals surface area contributed by atoms with Gasteiger partial charge in [0, 0.05) is 39.7 Å². The van der Waals surface area contributed by atoms with Gasteiger partial charge in [0.25, 0.3) is 5.91 Å². The zero-order valence-electron chi connectivity index (χ0n) is 21.5. The fraction of sp³-hybridized carbons (Fsp3) is 0.423. The van der Waals surface area contributed by atoms with Gasteiger partial charge < -0.3 is 19.7 Å². The van der Waals surface area contributed by atoms with Crippen LogP contribution >= 0.6 is 15.9 Å². The van der Waals surface area contributed by atoms with Crippen LogP contribution in [0, 0.1) is 13.8 Å². The van der Waals surface area contributed by atoms with Crippen molar-refractivity contribution in [2.45, 2.75) is 66.6 Å². The summed E-state index contributed by atoms with van der Waals surface area (Å²) in [5.41, 5.74) is 3.37. The number of hydrogen-bond acceptors (Lipinski definition) is 4. The van der Waals surface area contributed by atoms with Gasteiger partial charge in [0.15, 0.2) is 0 Å². The van der Waals surface area contributed by atoms with Gasteiger partial charge in [-0.3, -0.25) is 9.69 Å². The lowest BCUT2D eigenvalue weighted by atomic mass is 10.0. The zero-order chi connectivity index (χ0) is 26.2. The molecule has 2 amide bonds. The third-order valence-electron chi connectivity index (χ3n) is 5.89. The second-order valence-corrected chi connectivity index (χ2v) is 10.8. The van der Waals surface area contributed by atoms with Crippen LogP contribution in [-0.2, 0) is 6.54 Å². The highest BCUT2D eigenvalue weighted by Gasteiger charge is 2.30. The van der Waals surface area contributed by atoms with Gasteiger partial charge in [-0.1, -0.05) is 15.9 Å². The third-order valence-corrected chi connectivity index (χ3v) is 6.35. The maximum atomic E-state index is 13.3. The fourth-order valence-corrected chi connectivity index (χ4v) is 4.75.